The van der Waals surface area contributed by atoms with Crippen molar-refractivity contribution in [3.63, 3.8) is 0 Å². The van der Waals surface area contributed by atoms with Crippen molar-refractivity contribution < 1.29 is 4.79 Å². The smallest absolute Gasteiger partial charge is 0.254 e. The molecule has 0 aliphatic heterocycles. The Morgan fingerprint density at radius 3 is 2.80 bits per heavy atom. The van der Waals surface area contributed by atoms with E-state index < -0.39 is 0 Å². The minimum absolute atomic E-state index is 0.127. The predicted octanol–water partition coefficient (Wildman–Crippen LogP) is 2.44. The van der Waals surface area contributed by atoms with Crippen LogP contribution >= 0.6 is 11.6 Å². The van der Waals surface area contributed by atoms with Crippen molar-refractivity contribution in [3.05, 3.63) is 53.1 Å². The third-order valence-corrected chi connectivity index (χ3v) is 3.02. The average Bonchev–Trinajstić information content (AvgIpc) is 2.46. The average molecular weight is 291 g/mol. The lowest BCUT2D eigenvalue weighted by Gasteiger charge is -2.13. The Bertz CT molecular complexity index is 601. The monoisotopic (exact) mass is 290 g/mol. The lowest BCUT2D eigenvalue weighted by molar-refractivity contribution is 0.0828. The van der Waals surface area contributed by atoms with Gasteiger partial charge in [0.15, 0.2) is 0 Å². The number of carbonyl (C=O) groups is 1. The normalized spacial score (nSPS) is 10.2. The van der Waals surface area contributed by atoms with Gasteiger partial charge in [-0.05, 0) is 18.2 Å². The number of amides is 1. The van der Waals surface area contributed by atoms with E-state index in [9.17, 15) is 4.79 Å². The highest BCUT2D eigenvalue weighted by molar-refractivity contribution is 6.34. The molecular weight excluding hydrogens is 276 g/mol. The van der Waals surface area contributed by atoms with Crippen LogP contribution in [0.3, 0.4) is 0 Å². The molecular formula is C14H15ClN4O. The quantitative estimate of drug-likeness (QED) is 0.940. The molecule has 5 nitrogen and oxygen atoms in total. The zero-order valence-corrected chi connectivity index (χ0v) is 12.1. The number of aromatic nitrogens is 2. The summed E-state index contributed by atoms with van der Waals surface area (Å²) < 4.78 is 0. The van der Waals surface area contributed by atoms with Crippen LogP contribution in [0.5, 0.6) is 0 Å². The fourth-order valence-corrected chi connectivity index (χ4v) is 1.85. The SMILES string of the molecule is CN(C)C(=O)c1cc(NCc2cnccn2)ccc1Cl. The highest BCUT2D eigenvalue weighted by Crippen LogP contribution is 2.22. The van der Waals surface area contributed by atoms with Crippen molar-refractivity contribution >= 4 is 23.2 Å². The number of rotatable bonds is 4. The largest absolute Gasteiger partial charge is 0.379 e. The number of hydrogen-bond donors (Lipinski definition) is 1. The molecule has 0 bridgehead atoms. The summed E-state index contributed by atoms with van der Waals surface area (Å²) in [6.45, 7) is 0.533. The molecule has 1 amide bonds. The van der Waals surface area contributed by atoms with E-state index in [2.05, 4.69) is 15.3 Å². The van der Waals surface area contributed by atoms with Gasteiger partial charge in [-0.2, -0.15) is 0 Å². The highest BCUT2D eigenvalue weighted by Gasteiger charge is 2.13. The minimum Gasteiger partial charge on any atom is -0.379 e. The molecule has 0 saturated carbocycles. The summed E-state index contributed by atoms with van der Waals surface area (Å²) >= 11 is 6.05. The molecule has 0 aliphatic carbocycles. The lowest BCUT2D eigenvalue weighted by atomic mass is 10.1. The van der Waals surface area contributed by atoms with E-state index in [1.54, 1.807) is 44.8 Å². The Labute approximate surface area is 122 Å². The molecule has 1 N–H and O–H groups in total. The molecule has 0 aliphatic rings. The standard InChI is InChI=1S/C14H15ClN4O/c1-19(2)14(20)12-7-10(3-4-13(12)15)18-9-11-8-16-5-6-17-11/h3-8,18H,9H2,1-2H3. The van der Waals surface area contributed by atoms with E-state index in [1.807, 2.05) is 6.07 Å². The second-order valence-electron chi connectivity index (χ2n) is 4.44. The maximum atomic E-state index is 12.0. The molecule has 1 aromatic heterocycles. The molecule has 20 heavy (non-hydrogen) atoms. The second kappa shape index (κ2) is 6.34. The van der Waals surface area contributed by atoms with E-state index >= 15 is 0 Å². The number of hydrogen-bond acceptors (Lipinski definition) is 4. The summed E-state index contributed by atoms with van der Waals surface area (Å²) in [4.78, 5) is 21.6. The van der Waals surface area contributed by atoms with Crippen molar-refractivity contribution in [2.75, 3.05) is 19.4 Å². The van der Waals surface area contributed by atoms with E-state index in [0.29, 0.717) is 17.1 Å². The molecule has 1 heterocycles. The maximum absolute atomic E-state index is 12.0. The van der Waals surface area contributed by atoms with Gasteiger partial charge in [0.1, 0.15) is 0 Å². The molecule has 1 aromatic carbocycles. The molecule has 104 valence electrons. The molecule has 0 radical (unpaired) electrons. The number of nitrogens with one attached hydrogen (secondary N) is 1. The van der Waals surface area contributed by atoms with Crippen LogP contribution in [0.2, 0.25) is 5.02 Å². The molecule has 0 unspecified atom stereocenters. The molecule has 6 heteroatoms. The lowest BCUT2D eigenvalue weighted by Crippen LogP contribution is -2.22. The van der Waals surface area contributed by atoms with Gasteiger partial charge in [0.25, 0.3) is 5.91 Å². The molecule has 2 rings (SSSR count). The Morgan fingerprint density at radius 1 is 1.35 bits per heavy atom. The fraction of sp³-hybridized carbons (Fsp3) is 0.214. The van der Waals surface area contributed by atoms with Crippen LogP contribution in [0.15, 0.2) is 36.8 Å². The van der Waals surface area contributed by atoms with Crippen LogP contribution in [0.1, 0.15) is 16.1 Å². The number of nitrogens with zero attached hydrogens (tertiary/aromatic N) is 3. The predicted molar refractivity (Wildman–Crippen MR) is 78.8 cm³/mol. The number of benzene rings is 1. The van der Waals surface area contributed by atoms with Crippen molar-refractivity contribution in [2.24, 2.45) is 0 Å². The summed E-state index contributed by atoms with van der Waals surface area (Å²) in [7, 11) is 3.39. The molecule has 0 saturated heterocycles. The van der Waals surface area contributed by atoms with Gasteiger partial charge >= 0.3 is 0 Å². The van der Waals surface area contributed by atoms with Gasteiger partial charge in [0.05, 0.1) is 29.0 Å². The maximum Gasteiger partial charge on any atom is 0.254 e. The van der Waals surface area contributed by atoms with Crippen LogP contribution in [-0.2, 0) is 6.54 Å². The van der Waals surface area contributed by atoms with Crippen LogP contribution in [0.4, 0.5) is 5.69 Å². The van der Waals surface area contributed by atoms with Gasteiger partial charge in [-0.1, -0.05) is 11.6 Å². The van der Waals surface area contributed by atoms with Gasteiger partial charge < -0.3 is 10.2 Å². The Morgan fingerprint density at radius 2 is 2.15 bits per heavy atom. The highest BCUT2D eigenvalue weighted by atomic mass is 35.5. The van der Waals surface area contributed by atoms with Gasteiger partial charge in [-0.3, -0.25) is 14.8 Å². The van der Waals surface area contributed by atoms with Gasteiger partial charge in [-0.25, -0.2) is 0 Å². The van der Waals surface area contributed by atoms with E-state index in [-0.39, 0.29) is 5.91 Å². The first kappa shape index (κ1) is 14.3. The van der Waals surface area contributed by atoms with Crippen molar-refractivity contribution in [2.45, 2.75) is 6.54 Å². The number of carbonyl (C=O) groups excluding carboxylic acids is 1. The Balaban J connectivity index is 2.13. The molecule has 2 aromatic rings. The summed E-state index contributed by atoms with van der Waals surface area (Å²) in [6, 6.07) is 5.27. The summed E-state index contributed by atoms with van der Waals surface area (Å²) in [5.41, 5.74) is 2.11. The first-order valence-electron chi connectivity index (χ1n) is 6.08. The van der Waals surface area contributed by atoms with Crippen LogP contribution in [-0.4, -0.2) is 34.9 Å². The van der Waals surface area contributed by atoms with E-state index in [4.69, 9.17) is 11.6 Å². The van der Waals surface area contributed by atoms with Crippen LogP contribution < -0.4 is 5.32 Å². The topological polar surface area (TPSA) is 58.1 Å². The summed E-state index contributed by atoms with van der Waals surface area (Å²) in [5, 5.41) is 3.63. The van der Waals surface area contributed by atoms with Crippen LogP contribution in [0.25, 0.3) is 0 Å². The van der Waals surface area contributed by atoms with Crippen LogP contribution in [0, 0.1) is 0 Å². The Kier molecular flexibility index (Phi) is 4.53. The van der Waals surface area contributed by atoms with Gasteiger partial charge in [0, 0.05) is 32.2 Å². The number of halogens is 1. The molecule has 0 fully saturated rings. The van der Waals surface area contributed by atoms with Gasteiger partial charge in [0.2, 0.25) is 0 Å². The summed E-state index contributed by atoms with van der Waals surface area (Å²) in [6.07, 6.45) is 4.95. The minimum atomic E-state index is -0.127. The zero-order valence-electron chi connectivity index (χ0n) is 11.3. The zero-order chi connectivity index (χ0) is 14.5. The van der Waals surface area contributed by atoms with Crippen molar-refractivity contribution in [1.29, 1.82) is 0 Å². The number of anilines is 1. The Hall–Kier alpha value is -2.14. The van der Waals surface area contributed by atoms with Crippen molar-refractivity contribution in [3.8, 4) is 0 Å². The van der Waals surface area contributed by atoms with Gasteiger partial charge in [-0.15, -0.1) is 0 Å². The first-order chi connectivity index (χ1) is 9.58. The summed E-state index contributed by atoms with van der Waals surface area (Å²) in [5.74, 6) is -0.127. The van der Waals surface area contributed by atoms with E-state index in [1.165, 1.54) is 4.90 Å². The third kappa shape index (κ3) is 3.45. The fourth-order valence-electron chi connectivity index (χ4n) is 1.65. The van der Waals surface area contributed by atoms with E-state index in [0.717, 1.165) is 11.4 Å². The van der Waals surface area contributed by atoms with Crippen molar-refractivity contribution in [1.82, 2.24) is 14.9 Å². The third-order valence-electron chi connectivity index (χ3n) is 2.69. The second-order valence-corrected chi connectivity index (χ2v) is 4.85. The first-order valence-corrected chi connectivity index (χ1v) is 6.45. The molecule has 0 atom stereocenters. The molecule has 0 spiro atoms.